The smallest absolute Gasteiger partial charge is 0.407 e. The zero-order valence-electron chi connectivity index (χ0n) is 24.7. The molecule has 3 heterocycles. The second-order valence-electron chi connectivity index (χ2n) is 10.5. The number of thiophene rings is 1. The lowest BCUT2D eigenvalue weighted by molar-refractivity contribution is 0.101. The zero-order valence-corrected chi connectivity index (χ0v) is 25.5. The first-order valence-electron chi connectivity index (χ1n) is 14.2. The van der Waals surface area contributed by atoms with E-state index in [2.05, 4.69) is 10.3 Å². The van der Waals surface area contributed by atoms with Crippen LogP contribution in [0.2, 0.25) is 0 Å². The number of amides is 2. The number of nitrogens with zero attached hydrogens (tertiary/aromatic N) is 3. The van der Waals surface area contributed by atoms with E-state index in [0.717, 1.165) is 43.2 Å². The van der Waals surface area contributed by atoms with Gasteiger partial charge in [0.05, 0.1) is 12.8 Å². The number of rotatable bonds is 9. The van der Waals surface area contributed by atoms with Gasteiger partial charge in [0.1, 0.15) is 17.3 Å². The van der Waals surface area contributed by atoms with Crippen LogP contribution in [0, 0.1) is 0 Å². The van der Waals surface area contributed by atoms with Crippen molar-refractivity contribution in [2.75, 3.05) is 24.7 Å². The summed E-state index contributed by atoms with van der Waals surface area (Å²) in [5, 5.41) is 16.5. The molecule has 0 spiro atoms. The third-order valence-corrected chi connectivity index (χ3v) is 8.74. The normalized spacial score (nSPS) is 11.3. The molecule has 0 aliphatic rings. The summed E-state index contributed by atoms with van der Waals surface area (Å²) in [6, 6.07) is 24.8. The van der Waals surface area contributed by atoms with Crippen LogP contribution in [0.15, 0.2) is 96.5 Å². The molecule has 0 radical (unpaired) electrons. The van der Waals surface area contributed by atoms with Gasteiger partial charge in [-0.3, -0.25) is 4.79 Å². The molecule has 6 rings (SSSR count). The van der Waals surface area contributed by atoms with Gasteiger partial charge in [0.2, 0.25) is 0 Å². The summed E-state index contributed by atoms with van der Waals surface area (Å²) in [5.41, 5.74) is 11.9. The van der Waals surface area contributed by atoms with E-state index in [-0.39, 0.29) is 12.5 Å². The maximum Gasteiger partial charge on any atom is 0.407 e. The number of nitrogens with one attached hydrogen (secondary N) is 1. The Balaban J connectivity index is 1.25. The summed E-state index contributed by atoms with van der Waals surface area (Å²) in [6.07, 6.45) is 4.40. The van der Waals surface area contributed by atoms with Crippen molar-refractivity contribution in [2.24, 2.45) is 7.05 Å². The number of benzene rings is 3. The molecule has 3 aromatic carbocycles. The molecule has 0 bridgehead atoms. The van der Waals surface area contributed by atoms with Gasteiger partial charge < -0.3 is 30.4 Å². The van der Waals surface area contributed by atoms with Gasteiger partial charge in [-0.15, -0.1) is 11.3 Å². The Hall–Kier alpha value is -5.61. The van der Waals surface area contributed by atoms with Crippen molar-refractivity contribution in [3.8, 4) is 16.9 Å². The van der Waals surface area contributed by atoms with E-state index >= 15 is 0 Å². The van der Waals surface area contributed by atoms with Crippen molar-refractivity contribution in [2.45, 2.75) is 6.54 Å². The molecule has 0 aliphatic heterocycles. The third-order valence-electron chi connectivity index (χ3n) is 7.71. The first kappa shape index (κ1) is 29.5. The van der Waals surface area contributed by atoms with Crippen LogP contribution < -0.4 is 15.8 Å². The number of aryl methyl sites for hydroxylation is 1. The average molecular weight is 618 g/mol. The van der Waals surface area contributed by atoms with Crippen LogP contribution in [0.1, 0.15) is 21.6 Å². The number of anilines is 2. The lowest BCUT2D eigenvalue weighted by atomic mass is 10.0. The Kier molecular flexibility index (Phi) is 8.22. The molecular formula is C35H31N5O4S. The molecule has 45 heavy (non-hydrogen) atoms. The Morgan fingerprint density at radius 3 is 2.62 bits per heavy atom. The first-order chi connectivity index (χ1) is 21.8. The highest BCUT2D eigenvalue weighted by Gasteiger charge is 2.18. The van der Waals surface area contributed by atoms with E-state index in [1.54, 1.807) is 13.3 Å². The van der Waals surface area contributed by atoms with Crippen molar-refractivity contribution in [1.82, 2.24) is 14.5 Å². The molecule has 0 unspecified atom stereocenters. The Morgan fingerprint density at radius 2 is 1.87 bits per heavy atom. The summed E-state index contributed by atoms with van der Waals surface area (Å²) in [6.45, 7) is 0.511. The lowest BCUT2D eigenvalue weighted by Crippen LogP contribution is -2.28. The maximum absolute atomic E-state index is 13.2. The number of hydrogen-bond acceptors (Lipinski definition) is 6. The second-order valence-corrected chi connectivity index (χ2v) is 11.4. The molecule has 0 fully saturated rings. The zero-order chi connectivity index (χ0) is 31.5. The number of hydrogen-bond donors (Lipinski definition) is 3. The van der Waals surface area contributed by atoms with Gasteiger partial charge in [-0.25, -0.2) is 9.78 Å². The fourth-order valence-corrected chi connectivity index (χ4v) is 6.47. The molecule has 10 heteroatoms. The second kappa shape index (κ2) is 12.6. The number of methoxy groups -OCH3 is 1. The minimum Gasteiger partial charge on any atom is -0.495 e. The number of pyridine rings is 1. The number of carbonyl (C=O) groups excluding carboxylic acids is 1. The van der Waals surface area contributed by atoms with Gasteiger partial charge >= 0.3 is 6.09 Å². The van der Waals surface area contributed by atoms with Crippen LogP contribution in [0.3, 0.4) is 0 Å². The number of nitrogens with two attached hydrogens (primary N) is 1. The summed E-state index contributed by atoms with van der Waals surface area (Å²) in [4.78, 5) is 30.9. The Labute approximate surface area is 263 Å². The van der Waals surface area contributed by atoms with E-state index in [0.29, 0.717) is 29.5 Å². The molecule has 3 aromatic heterocycles. The molecule has 0 saturated carbocycles. The highest BCUT2D eigenvalue weighted by atomic mass is 32.1. The minimum absolute atomic E-state index is 0.220. The van der Waals surface area contributed by atoms with Crippen LogP contribution in [-0.2, 0) is 13.6 Å². The minimum atomic E-state index is -0.992. The first-order valence-corrected chi connectivity index (χ1v) is 15.1. The van der Waals surface area contributed by atoms with Crippen molar-refractivity contribution in [3.05, 3.63) is 113 Å². The number of fused-ring (bicyclic) bond motifs is 2. The van der Waals surface area contributed by atoms with Gasteiger partial charge in [0.15, 0.2) is 0 Å². The largest absolute Gasteiger partial charge is 0.495 e. The van der Waals surface area contributed by atoms with Crippen LogP contribution in [0.25, 0.3) is 38.2 Å². The Bertz CT molecular complexity index is 2070. The predicted octanol–water partition coefficient (Wildman–Crippen LogP) is 7.49. The van der Waals surface area contributed by atoms with Gasteiger partial charge in [-0.1, -0.05) is 66.7 Å². The maximum atomic E-state index is 13.2. The SMILES string of the molecule is COc1cc(-c2csc3c(C=CCN(Cc4ccccc4)C(=O)O)cnc(N)c23)ccc1NC(=O)c1cc2ccccc2n1C. The van der Waals surface area contributed by atoms with Crippen molar-refractivity contribution >= 4 is 61.9 Å². The van der Waals surface area contributed by atoms with Gasteiger partial charge in [-0.2, -0.15) is 0 Å². The van der Waals surface area contributed by atoms with Crippen molar-refractivity contribution in [3.63, 3.8) is 0 Å². The van der Waals surface area contributed by atoms with E-state index in [4.69, 9.17) is 10.5 Å². The fraction of sp³-hybridized carbons (Fsp3) is 0.114. The highest BCUT2D eigenvalue weighted by molar-refractivity contribution is 7.18. The molecular weight excluding hydrogens is 586 g/mol. The van der Waals surface area contributed by atoms with Crippen molar-refractivity contribution in [1.29, 1.82) is 0 Å². The standard InChI is InChI=1S/C35H31N5O4S/c1-39-28-13-7-6-11-24(28)17-29(39)34(41)38-27-15-14-23(18-30(27)44-2)26-21-45-32-25(19-37-33(36)31(26)32)12-8-16-40(35(42)43)20-22-9-4-3-5-10-22/h3-15,17-19,21H,16,20H2,1-2H3,(H2,36,37)(H,38,41)(H,42,43). The fourth-order valence-electron chi connectivity index (χ4n) is 5.39. The quantitative estimate of drug-likeness (QED) is 0.155. The topological polar surface area (TPSA) is 123 Å². The predicted molar refractivity (Wildman–Crippen MR) is 181 cm³/mol. The number of ether oxygens (including phenoxy) is 1. The third kappa shape index (κ3) is 5.96. The van der Waals surface area contributed by atoms with Gasteiger partial charge in [0.25, 0.3) is 5.91 Å². The molecule has 0 aliphatic carbocycles. The molecule has 2 amide bonds. The van der Waals surface area contributed by atoms with Gasteiger partial charge in [-0.05, 0) is 40.8 Å². The van der Waals surface area contributed by atoms with E-state index in [9.17, 15) is 14.7 Å². The van der Waals surface area contributed by atoms with Gasteiger partial charge in [0, 0.05) is 58.5 Å². The molecule has 6 aromatic rings. The van der Waals surface area contributed by atoms with Crippen LogP contribution in [0.4, 0.5) is 16.3 Å². The molecule has 0 saturated heterocycles. The lowest BCUT2D eigenvalue weighted by Gasteiger charge is -2.17. The summed E-state index contributed by atoms with van der Waals surface area (Å²) in [5.74, 6) is 0.659. The average Bonchev–Trinajstić information content (AvgIpc) is 3.65. The highest BCUT2D eigenvalue weighted by Crippen LogP contribution is 2.41. The number of carbonyl (C=O) groups is 2. The molecule has 4 N–H and O–H groups in total. The van der Waals surface area contributed by atoms with Crippen molar-refractivity contribution < 1.29 is 19.4 Å². The van der Waals surface area contributed by atoms with Crippen LogP contribution in [-0.4, -0.2) is 45.2 Å². The van der Waals surface area contributed by atoms with E-state index < -0.39 is 6.09 Å². The van der Waals surface area contributed by atoms with Crippen LogP contribution >= 0.6 is 11.3 Å². The summed E-state index contributed by atoms with van der Waals surface area (Å²) >= 11 is 1.53. The number of carboxylic acid groups (broad SMARTS) is 1. The number of para-hydroxylation sites is 1. The summed E-state index contributed by atoms with van der Waals surface area (Å²) < 4.78 is 8.49. The molecule has 226 valence electrons. The Morgan fingerprint density at radius 1 is 1.09 bits per heavy atom. The van der Waals surface area contributed by atoms with Crippen LogP contribution in [0.5, 0.6) is 5.75 Å². The van der Waals surface area contributed by atoms with E-state index in [1.807, 2.05) is 108 Å². The van der Waals surface area contributed by atoms with E-state index in [1.165, 1.54) is 16.2 Å². The summed E-state index contributed by atoms with van der Waals surface area (Å²) in [7, 11) is 3.43. The monoisotopic (exact) mass is 617 g/mol. The number of aromatic nitrogens is 2. The molecule has 0 atom stereocenters. The molecule has 9 nitrogen and oxygen atoms in total. The number of nitrogen functional groups attached to an aromatic ring is 1.